The maximum atomic E-state index is 12.3. The second-order valence-corrected chi connectivity index (χ2v) is 5.96. The maximum absolute atomic E-state index is 12.3. The van der Waals surface area contributed by atoms with E-state index in [4.69, 9.17) is 13.9 Å². The van der Waals surface area contributed by atoms with Gasteiger partial charge in [-0.1, -0.05) is 26.0 Å². The van der Waals surface area contributed by atoms with Crippen molar-refractivity contribution in [3.05, 3.63) is 70.1 Å². The first kappa shape index (κ1) is 16.8. The highest BCUT2D eigenvalue weighted by Crippen LogP contribution is 2.22. The SMILES string of the molecule is COc1ccc2cc(C(=O)Oc3ccc(C(C)C)cc3)c(=O)oc2c1. The quantitative estimate of drug-likeness (QED) is 0.406. The summed E-state index contributed by atoms with van der Waals surface area (Å²) >= 11 is 0. The molecule has 0 saturated carbocycles. The molecule has 0 unspecified atom stereocenters. The summed E-state index contributed by atoms with van der Waals surface area (Å²) in [5.74, 6) is 0.581. The normalized spacial score (nSPS) is 10.9. The van der Waals surface area contributed by atoms with Crippen LogP contribution in [0.2, 0.25) is 0 Å². The van der Waals surface area contributed by atoms with Gasteiger partial charge in [-0.15, -0.1) is 0 Å². The third-order valence-electron chi connectivity index (χ3n) is 3.92. The average Bonchev–Trinajstić information content (AvgIpc) is 2.60. The molecule has 25 heavy (non-hydrogen) atoms. The van der Waals surface area contributed by atoms with Gasteiger partial charge in [-0.3, -0.25) is 0 Å². The molecule has 0 fully saturated rings. The van der Waals surface area contributed by atoms with Crippen molar-refractivity contribution in [1.82, 2.24) is 0 Å². The van der Waals surface area contributed by atoms with Crippen LogP contribution >= 0.6 is 0 Å². The topological polar surface area (TPSA) is 65.7 Å². The molecular formula is C20H18O5. The van der Waals surface area contributed by atoms with Gasteiger partial charge < -0.3 is 13.9 Å². The Balaban J connectivity index is 1.88. The molecule has 3 aromatic rings. The van der Waals surface area contributed by atoms with Crippen LogP contribution in [0.25, 0.3) is 11.0 Å². The van der Waals surface area contributed by atoms with Gasteiger partial charge >= 0.3 is 11.6 Å². The minimum Gasteiger partial charge on any atom is -0.497 e. The van der Waals surface area contributed by atoms with Crippen molar-refractivity contribution in [2.45, 2.75) is 19.8 Å². The van der Waals surface area contributed by atoms with Gasteiger partial charge in [0.1, 0.15) is 22.6 Å². The fraction of sp³-hybridized carbons (Fsp3) is 0.200. The number of benzene rings is 2. The van der Waals surface area contributed by atoms with E-state index >= 15 is 0 Å². The molecule has 5 heteroatoms. The summed E-state index contributed by atoms with van der Waals surface area (Å²) < 4.78 is 15.6. The Morgan fingerprint density at radius 1 is 1.00 bits per heavy atom. The molecule has 128 valence electrons. The van der Waals surface area contributed by atoms with Crippen LogP contribution in [0.1, 0.15) is 35.7 Å². The van der Waals surface area contributed by atoms with Crippen LogP contribution in [0.15, 0.2) is 57.7 Å². The Kier molecular flexibility index (Phi) is 4.57. The van der Waals surface area contributed by atoms with E-state index in [2.05, 4.69) is 13.8 Å². The van der Waals surface area contributed by atoms with Crippen LogP contribution in [0, 0.1) is 0 Å². The predicted octanol–water partition coefficient (Wildman–Crippen LogP) is 4.14. The minimum atomic E-state index is -0.747. The molecule has 0 aliphatic carbocycles. The molecule has 0 spiro atoms. The lowest BCUT2D eigenvalue weighted by Crippen LogP contribution is -2.18. The largest absolute Gasteiger partial charge is 0.497 e. The van der Waals surface area contributed by atoms with Gasteiger partial charge in [0.15, 0.2) is 0 Å². The second-order valence-electron chi connectivity index (χ2n) is 5.96. The van der Waals surface area contributed by atoms with Gasteiger partial charge in [-0.2, -0.15) is 0 Å². The molecule has 1 heterocycles. The van der Waals surface area contributed by atoms with Gasteiger partial charge in [-0.25, -0.2) is 9.59 Å². The third kappa shape index (κ3) is 3.55. The van der Waals surface area contributed by atoms with Gasteiger partial charge in [-0.05, 0) is 41.8 Å². The van der Waals surface area contributed by atoms with E-state index in [1.807, 2.05) is 12.1 Å². The summed E-state index contributed by atoms with van der Waals surface area (Å²) in [7, 11) is 1.52. The molecule has 3 rings (SSSR count). The van der Waals surface area contributed by atoms with Crippen LogP contribution in [0.4, 0.5) is 0 Å². The monoisotopic (exact) mass is 338 g/mol. The first-order valence-corrected chi connectivity index (χ1v) is 7.92. The lowest BCUT2D eigenvalue weighted by atomic mass is 10.0. The van der Waals surface area contributed by atoms with E-state index in [0.29, 0.717) is 28.4 Å². The van der Waals surface area contributed by atoms with Crippen LogP contribution in [-0.4, -0.2) is 13.1 Å². The van der Waals surface area contributed by atoms with Crippen LogP contribution < -0.4 is 15.1 Å². The number of rotatable bonds is 4. The van der Waals surface area contributed by atoms with Crippen LogP contribution in [-0.2, 0) is 0 Å². The number of hydrogen-bond acceptors (Lipinski definition) is 5. The number of carbonyl (C=O) groups excluding carboxylic acids is 1. The van der Waals surface area contributed by atoms with E-state index in [1.54, 1.807) is 30.3 Å². The molecule has 0 bridgehead atoms. The highest BCUT2D eigenvalue weighted by molar-refractivity contribution is 5.94. The van der Waals surface area contributed by atoms with Crippen molar-refractivity contribution in [3.63, 3.8) is 0 Å². The van der Waals surface area contributed by atoms with E-state index in [-0.39, 0.29) is 5.56 Å². The van der Waals surface area contributed by atoms with Crippen molar-refractivity contribution < 1.29 is 18.7 Å². The Morgan fingerprint density at radius 2 is 1.68 bits per heavy atom. The molecule has 0 saturated heterocycles. The standard InChI is InChI=1S/C20H18O5/c1-12(2)13-4-7-15(8-5-13)24-19(21)17-10-14-6-9-16(23-3)11-18(14)25-20(17)22/h4-12H,1-3H3. The van der Waals surface area contributed by atoms with Gasteiger partial charge in [0.25, 0.3) is 0 Å². The zero-order valence-corrected chi connectivity index (χ0v) is 14.2. The zero-order chi connectivity index (χ0) is 18.0. The summed E-state index contributed by atoms with van der Waals surface area (Å²) in [6.45, 7) is 4.16. The molecule has 0 N–H and O–H groups in total. The summed E-state index contributed by atoms with van der Waals surface area (Å²) in [5, 5.41) is 0.613. The Morgan fingerprint density at radius 3 is 2.32 bits per heavy atom. The van der Waals surface area contributed by atoms with Crippen molar-refractivity contribution in [1.29, 1.82) is 0 Å². The zero-order valence-electron chi connectivity index (χ0n) is 14.2. The summed E-state index contributed by atoms with van der Waals surface area (Å²) in [5.41, 5.74) is 0.594. The summed E-state index contributed by atoms with van der Waals surface area (Å²) in [4.78, 5) is 24.4. The van der Waals surface area contributed by atoms with Crippen molar-refractivity contribution in [3.8, 4) is 11.5 Å². The van der Waals surface area contributed by atoms with Gasteiger partial charge in [0.05, 0.1) is 7.11 Å². The number of methoxy groups -OCH3 is 1. The number of fused-ring (bicyclic) bond motifs is 1. The van der Waals surface area contributed by atoms with Gasteiger partial charge in [0, 0.05) is 11.5 Å². The van der Waals surface area contributed by atoms with E-state index in [1.165, 1.54) is 13.2 Å². The molecule has 0 radical (unpaired) electrons. The number of ether oxygens (including phenoxy) is 2. The molecule has 1 aromatic heterocycles. The number of hydrogen-bond donors (Lipinski definition) is 0. The van der Waals surface area contributed by atoms with E-state index in [0.717, 1.165) is 5.56 Å². The fourth-order valence-corrected chi connectivity index (χ4v) is 2.44. The molecule has 0 aliphatic heterocycles. The molecule has 0 atom stereocenters. The molecule has 0 aliphatic rings. The first-order valence-electron chi connectivity index (χ1n) is 7.92. The number of esters is 1. The maximum Gasteiger partial charge on any atom is 0.351 e. The van der Waals surface area contributed by atoms with Crippen molar-refractivity contribution in [2.24, 2.45) is 0 Å². The highest BCUT2D eigenvalue weighted by Gasteiger charge is 2.16. The number of carbonyl (C=O) groups is 1. The molecule has 2 aromatic carbocycles. The van der Waals surface area contributed by atoms with Gasteiger partial charge in [0.2, 0.25) is 0 Å². The molecular weight excluding hydrogens is 320 g/mol. The van der Waals surface area contributed by atoms with Crippen molar-refractivity contribution in [2.75, 3.05) is 7.11 Å². The Hall–Kier alpha value is -3.08. The minimum absolute atomic E-state index is 0.148. The second kappa shape index (κ2) is 6.81. The van der Waals surface area contributed by atoms with Crippen molar-refractivity contribution >= 4 is 16.9 Å². The first-order chi connectivity index (χ1) is 12.0. The lowest BCUT2D eigenvalue weighted by Gasteiger charge is -2.08. The van der Waals surface area contributed by atoms with E-state index < -0.39 is 11.6 Å². The predicted molar refractivity (Wildman–Crippen MR) is 94.5 cm³/mol. The van der Waals surface area contributed by atoms with Crippen LogP contribution in [0.5, 0.6) is 11.5 Å². The van der Waals surface area contributed by atoms with Crippen LogP contribution in [0.3, 0.4) is 0 Å². The third-order valence-corrected chi connectivity index (χ3v) is 3.92. The Labute approximate surface area is 144 Å². The lowest BCUT2D eigenvalue weighted by molar-refractivity contribution is 0.0730. The molecule has 5 nitrogen and oxygen atoms in total. The fourth-order valence-electron chi connectivity index (χ4n) is 2.44. The Bertz CT molecular complexity index is 968. The molecule has 0 amide bonds. The smallest absolute Gasteiger partial charge is 0.351 e. The van der Waals surface area contributed by atoms with E-state index in [9.17, 15) is 9.59 Å². The summed E-state index contributed by atoms with van der Waals surface area (Å²) in [6, 6.07) is 13.7. The summed E-state index contributed by atoms with van der Waals surface area (Å²) in [6.07, 6.45) is 0. The highest BCUT2D eigenvalue weighted by atomic mass is 16.5. The average molecular weight is 338 g/mol.